The van der Waals surface area contributed by atoms with Gasteiger partial charge < -0.3 is 19.6 Å². The van der Waals surface area contributed by atoms with E-state index in [9.17, 15) is 23.1 Å². The SMILES string of the molecule is CN(C)C(=O)CC[C@@H]1CC/C=C/[C@H](O)[C@@H]2CC[C@H]2CN2C[C@@]3(CCCc4cc(Cl)ccc43)COc3ccc(cc32)C(=O)NS1(=O)=O. The van der Waals surface area contributed by atoms with Crippen molar-refractivity contribution in [3.63, 3.8) is 0 Å². The number of aliphatic hydroxyl groups excluding tert-OH is 1. The van der Waals surface area contributed by atoms with E-state index in [0.717, 1.165) is 42.8 Å². The first-order valence-corrected chi connectivity index (χ1v) is 18.3. The zero-order valence-corrected chi connectivity index (χ0v) is 28.2. The fourth-order valence-corrected chi connectivity index (χ4v) is 9.32. The summed E-state index contributed by atoms with van der Waals surface area (Å²) in [4.78, 5) is 29.6. The van der Waals surface area contributed by atoms with Crippen LogP contribution in [-0.4, -0.2) is 75.4 Å². The Morgan fingerprint density at radius 2 is 2.00 bits per heavy atom. The molecule has 2 aliphatic carbocycles. The standard InChI is InChI=1S/C35H44ClN3O6S/c1-38(2)33(41)16-12-27-7-3-4-8-31(40)28-13-9-25(28)20-39-21-35(17-5-6-23-18-26(36)11-14-29(23)35)22-45-32-15-10-24(19-30(32)39)34(42)37-46(27,43)44/h4,8,10-11,14-15,18-19,25,27-28,31,40H,3,5-7,9,12-13,16-17,20-22H2,1-2H3,(H,37,42)/b8-4+/t25-,27-,28+,31-,35-/m0/s1. The van der Waals surface area contributed by atoms with E-state index in [2.05, 4.69) is 21.8 Å². The Morgan fingerprint density at radius 1 is 1.17 bits per heavy atom. The van der Waals surface area contributed by atoms with E-state index in [1.54, 1.807) is 38.4 Å². The summed E-state index contributed by atoms with van der Waals surface area (Å²) in [6.07, 6.45) is 8.53. The zero-order chi connectivity index (χ0) is 32.6. The number of anilines is 1. The molecule has 0 radical (unpaired) electrons. The van der Waals surface area contributed by atoms with Crippen LogP contribution < -0.4 is 14.4 Å². The Morgan fingerprint density at radius 3 is 2.76 bits per heavy atom. The van der Waals surface area contributed by atoms with Crippen LogP contribution in [0.1, 0.15) is 72.9 Å². The van der Waals surface area contributed by atoms with Gasteiger partial charge in [0.2, 0.25) is 15.9 Å². The van der Waals surface area contributed by atoms with Gasteiger partial charge in [-0.1, -0.05) is 29.8 Å². The highest BCUT2D eigenvalue weighted by atomic mass is 35.5. The maximum atomic E-state index is 13.6. The Balaban J connectivity index is 1.37. The van der Waals surface area contributed by atoms with Crippen LogP contribution in [0.4, 0.5) is 5.69 Å². The lowest BCUT2D eigenvalue weighted by molar-refractivity contribution is -0.128. The highest BCUT2D eigenvalue weighted by Crippen LogP contribution is 2.46. The van der Waals surface area contributed by atoms with Crippen LogP contribution in [0.25, 0.3) is 0 Å². The summed E-state index contributed by atoms with van der Waals surface area (Å²) in [5.41, 5.74) is 3.15. The molecule has 6 rings (SSSR count). The predicted octanol–water partition coefficient (Wildman–Crippen LogP) is 4.85. The lowest BCUT2D eigenvalue weighted by Gasteiger charge is -2.45. The third kappa shape index (κ3) is 6.66. The Kier molecular flexibility index (Phi) is 9.43. The summed E-state index contributed by atoms with van der Waals surface area (Å²) >= 11 is 6.40. The smallest absolute Gasteiger partial charge is 0.264 e. The fourth-order valence-electron chi connectivity index (χ4n) is 7.70. The Bertz CT molecular complexity index is 1630. The molecule has 2 aromatic carbocycles. The van der Waals surface area contributed by atoms with E-state index in [0.29, 0.717) is 31.9 Å². The number of carbonyl (C=O) groups excluding carboxylic acids is 2. The van der Waals surface area contributed by atoms with E-state index in [1.807, 2.05) is 12.1 Å². The molecule has 5 atom stereocenters. The first-order valence-electron chi connectivity index (χ1n) is 16.4. The molecular weight excluding hydrogens is 626 g/mol. The molecule has 2 heterocycles. The molecule has 1 saturated carbocycles. The number of aliphatic hydroxyl groups is 1. The first kappa shape index (κ1) is 32.8. The van der Waals surface area contributed by atoms with E-state index in [-0.39, 0.29) is 48.0 Å². The summed E-state index contributed by atoms with van der Waals surface area (Å²) in [5.74, 6) is 0.0844. The maximum absolute atomic E-state index is 13.6. The van der Waals surface area contributed by atoms with Gasteiger partial charge in [0, 0.05) is 49.6 Å². The van der Waals surface area contributed by atoms with Crippen molar-refractivity contribution in [3.8, 4) is 5.75 Å². The van der Waals surface area contributed by atoms with Crippen LogP contribution in [0.15, 0.2) is 48.6 Å². The molecule has 1 spiro atoms. The summed E-state index contributed by atoms with van der Waals surface area (Å²) in [5, 5.41) is 11.0. The Labute approximate surface area is 277 Å². The Hall–Kier alpha value is -3.08. The second-order valence-corrected chi connectivity index (χ2v) is 16.1. The van der Waals surface area contributed by atoms with Crippen LogP contribution in [0.3, 0.4) is 0 Å². The molecule has 0 saturated heterocycles. The summed E-state index contributed by atoms with van der Waals surface area (Å²) in [6.45, 7) is 1.81. The molecule has 11 heteroatoms. The van der Waals surface area contributed by atoms with Gasteiger partial charge in [-0.2, -0.15) is 0 Å². The molecule has 2 aliphatic heterocycles. The van der Waals surface area contributed by atoms with Gasteiger partial charge in [0.05, 0.1) is 23.6 Å². The maximum Gasteiger partial charge on any atom is 0.264 e. The van der Waals surface area contributed by atoms with Crippen LogP contribution in [0.5, 0.6) is 5.75 Å². The number of carbonyl (C=O) groups is 2. The number of halogens is 1. The summed E-state index contributed by atoms with van der Waals surface area (Å²) in [7, 11) is -0.855. The van der Waals surface area contributed by atoms with Crippen molar-refractivity contribution >= 4 is 39.1 Å². The van der Waals surface area contributed by atoms with E-state index in [1.165, 1.54) is 16.0 Å². The van der Waals surface area contributed by atoms with E-state index >= 15 is 0 Å². The van der Waals surface area contributed by atoms with Crippen molar-refractivity contribution in [3.05, 3.63) is 70.3 Å². The van der Waals surface area contributed by atoms with Crippen molar-refractivity contribution in [2.45, 2.75) is 74.6 Å². The molecule has 2 amide bonds. The summed E-state index contributed by atoms with van der Waals surface area (Å²) in [6, 6.07) is 11.2. The number of hydrogen-bond acceptors (Lipinski definition) is 7. The number of hydrogen-bond donors (Lipinski definition) is 2. The number of amides is 2. The molecular formula is C35H44ClN3O6S. The number of nitrogens with one attached hydrogen (secondary N) is 1. The largest absolute Gasteiger partial charge is 0.490 e. The number of nitrogens with zero attached hydrogens (tertiary/aromatic N) is 2. The van der Waals surface area contributed by atoms with Crippen molar-refractivity contribution in [2.75, 3.05) is 38.7 Å². The normalized spacial score (nSPS) is 29.7. The van der Waals surface area contributed by atoms with Crippen LogP contribution in [-0.2, 0) is 26.7 Å². The number of rotatable bonds is 3. The molecule has 248 valence electrons. The van der Waals surface area contributed by atoms with Crippen molar-refractivity contribution in [1.82, 2.24) is 9.62 Å². The molecule has 0 unspecified atom stereocenters. The third-order valence-corrected chi connectivity index (χ3v) is 12.6. The van der Waals surface area contributed by atoms with Crippen LogP contribution in [0.2, 0.25) is 5.02 Å². The predicted molar refractivity (Wildman–Crippen MR) is 179 cm³/mol. The van der Waals surface area contributed by atoms with Crippen molar-refractivity contribution in [2.24, 2.45) is 11.8 Å². The third-order valence-electron chi connectivity index (χ3n) is 10.5. The van der Waals surface area contributed by atoms with Gasteiger partial charge >= 0.3 is 0 Å². The molecule has 1 fully saturated rings. The van der Waals surface area contributed by atoms with Crippen LogP contribution >= 0.6 is 11.6 Å². The minimum absolute atomic E-state index is 0.0467. The van der Waals surface area contributed by atoms with Gasteiger partial charge in [-0.3, -0.25) is 9.59 Å². The monoisotopic (exact) mass is 669 g/mol. The quantitative estimate of drug-likeness (QED) is 0.449. The molecule has 9 nitrogen and oxygen atoms in total. The molecule has 2 N–H and O–H groups in total. The number of sulfonamides is 1. The highest BCUT2D eigenvalue weighted by Gasteiger charge is 2.44. The van der Waals surface area contributed by atoms with Crippen LogP contribution in [0, 0.1) is 11.8 Å². The second kappa shape index (κ2) is 13.2. The zero-order valence-electron chi connectivity index (χ0n) is 26.6. The van der Waals surface area contributed by atoms with Crippen molar-refractivity contribution in [1.29, 1.82) is 0 Å². The highest BCUT2D eigenvalue weighted by molar-refractivity contribution is 7.90. The van der Waals surface area contributed by atoms with Gasteiger partial charge in [-0.05, 0) is 105 Å². The first-order chi connectivity index (χ1) is 22.0. The molecule has 4 aliphatic rings. The van der Waals surface area contributed by atoms with E-state index in [4.69, 9.17) is 16.3 Å². The van der Waals surface area contributed by atoms with Gasteiger partial charge in [-0.25, -0.2) is 13.1 Å². The van der Waals surface area contributed by atoms with Gasteiger partial charge in [0.15, 0.2) is 0 Å². The minimum Gasteiger partial charge on any atom is -0.490 e. The number of allylic oxidation sites excluding steroid dienone is 1. The van der Waals surface area contributed by atoms with Gasteiger partial charge in [0.1, 0.15) is 5.75 Å². The van der Waals surface area contributed by atoms with E-state index < -0.39 is 27.3 Å². The van der Waals surface area contributed by atoms with Gasteiger partial charge in [-0.15, -0.1) is 0 Å². The average molecular weight is 670 g/mol. The molecule has 2 aromatic rings. The van der Waals surface area contributed by atoms with Crippen molar-refractivity contribution < 1.29 is 27.9 Å². The molecule has 0 aromatic heterocycles. The topological polar surface area (TPSA) is 116 Å². The second-order valence-electron chi connectivity index (χ2n) is 13.7. The van der Waals surface area contributed by atoms with Gasteiger partial charge in [0.25, 0.3) is 5.91 Å². The fraction of sp³-hybridized carbons (Fsp3) is 0.543. The summed E-state index contributed by atoms with van der Waals surface area (Å²) < 4.78 is 36.0. The minimum atomic E-state index is -4.12. The molecule has 2 bridgehead atoms. The number of aryl methyl sites for hydroxylation is 1. The molecule has 46 heavy (non-hydrogen) atoms. The lowest BCUT2D eigenvalue weighted by atomic mass is 9.68. The number of ether oxygens (including phenoxy) is 1. The number of fused-ring (bicyclic) bond motifs is 4. The lowest BCUT2D eigenvalue weighted by Crippen LogP contribution is -2.49. The average Bonchev–Trinajstić information content (AvgIpc) is 3.14. The number of benzene rings is 2.